The molecule has 0 amide bonds. The fraction of sp³-hybridized carbons (Fsp3) is 1.00. The van der Waals surface area contributed by atoms with Crippen LogP contribution in [0.4, 0.5) is 0 Å². The summed E-state index contributed by atoms with van der Waals surface area (Å²) in [7, 11) is 1.71. The van der Waals surface area contributed by atoms with Crippen molar-refractivity contribution in [1.82, 2.24) is 5.32 Å². The van der Waals surface area contributed by atoms with Gasteiger partial charge in [-0.15, -0.1) is 0 Å². The first-order chi connectivity index (χ1) is 6.18. The summed E-state index contributed by atoms with van der Waals surface area (Å²) in [4.78, 5) is 0. The molecular weight excluding hydrogens is 170 g/mol. The molecule has 2 N–H and O–H groups in total. The van der Waals surface area contributed by atoms with Crippen molar-refractivity contribution in [2.45, 2.75) is 25.0 Å². The average molecular weight is 189 g/mol. The minimum absolute atomic E-state index is 0.172. The van der Waals surface area contributed by atoms with Crippen molar-refractivity contribution in [3.8, 4) is 0 Å². The van der Waals surface area contributed by atoms with Gasteiger partial charge >= 0.3 is 0 Å². The van der Waals surface area contributed by atoms with Crippen molar-refractivity contribution >= 4 is 0 Å². The third-order valence-corrected chi connectivity index (χ3v) is 2.39. The average Bonchev–Trinajstić information content (AvgIpc) is 2.53. The van der Waals surface area contributed by atoms with Gasteiger partial charge in [0.2, 0.25) is 0 Å². The zero-order valence-electron chi connectivity index (χ0n) is 8.38. The Morgan fingerprint density at radius 3 is 2.92 bits per heavy atom. The van der Waals surface area contributed by atoms with Gasteiger partial charge < -0.3 is 19.9 Å². The fourth-order valence-electron chi connectivity index (χ4n) is 1.47. The molecule has 4 heteroatoms. The first kappa shape index (κ1) is 10.9. The van der Waals surface area contributed by atoms with Gasteiger partial charge in [-0.2, -0.15) is 0 Å². The fourth-order valence-corrected chi connectivity index (χ4v) is 1.47. The van der Waals surface area contributed by atoms with Gasteiger partial charge in [-0.25, -0.2) is 0 Å². The number of nitrogens with one attached hydrogen (secondary N) is 1. The Morgan fingerprint density at radius 2 is 2.46 bits per heavy atom. The predicted molar refractivity (Wildman–Crippen MR) is 49.7 cm³/mol. The second kappa shape index (κ2) is 4.91. The molecule has 1 aliphatic rings. The largest absolute Gasteiger partial charge is 0.392 e. The van der Waals surface area contributed by atoms with Crippen molar-refractivity contribution in [1.29, 1.82) is 0 Å². The summed E-state index contributed by atoms with van der Waals surface area (Å²) in [5, 5.41) is 12.2. The van der Waals surface area contributed by atoms with Crippen LogP contribution in [0.15, 0.2) is 0 Å². The second-order valence-electron chi connectivity index (χ2n) is 3.67. The lowest BCUT2D eigenvalue weighted by atomic mass is 10.0. The highest BCUT2D eigenvalue weighted by Crippen LogP contribution is 2.21. The van der Waals surface area contributed by atoms with E-state index in [-0.39, 0.29) is 11.7 Å². The molecule has 1 saturated heterocycles. The van der Waals surface area contributed by atoms with Gasteiger partial charge in [0, 0.05) is 33.2 Å². The molecule has 78 valence electrons. The maximum Gasteiger partial charge on any atom is 0.106 e. The molecule has 4 nitrogen and oxygen atoms in total. The van der Waals surface area contributed by atoms with E-state index in [9.17, 15) is 0 Å². The summed E-state index contributed by atoms with van der Waals surface area (Å²) in [6.07, 6.45) is 0.618. The van der Waals surface area contributed by atoms with Gasteiger partial charge in [0.1, 0.15) is 5.60 Å². The molecule has 1 aliphatic heterocycles. The molecule has 0 radical (unpaired) electrons. The highest BCUT2D eigenvalue weighted by molar-refractivity contribution is 4.86. The van der Waals surface area contributed by atoms with Gasteiger partial charge in [-0.3, -0.25) is 0 Å². The van der Waals surface area contributed by atoms with Crippen LogP contribution in [0, 0.1) is 0 Å². The third kappa shape index (κ3) is 3.23. The smallest absolute Gasteiger partial charge is 0.106 e. The van der Waals surface area contributed by atoms with Crippen molar-refractivity contribution < 1.29 is 14.6 Å². The maximum absolute atomic E-state index is 9.05. The van der Waals surface area contributed by atoms with Crippen LogP contribution in [0.1, 0.15) is 13.3 Å². The molecule has 0 aliphatic carbocycles. The van der Waals surface area contributed by atoms with Crippen LogP contribution >= 0.6 is 0 Å². The van der Waals surface area contributed by atoms with E-state index in [0.717, 1.165) is 19.6 Å². The quantitative estimate of drug-likeness (QED) is 0.627. The molecule has 13 heavy (non-hydrogen) atoms. The maximum atomic E-state index is 9.05. The van der Waals surface area contributed by atoms with E-state index < -0.39 is 0 Å². The van der Waals surface area contributed by atoms with Crippen LogP contribution < -0.4 is 5.32 Å². The summed E-state index contributed by atoms with van der Waals surface area (Å²) < 4.78 is 10.7. The minimum atomic E-state index is -0.309. The zero-order valence-corrected chi connectivity index (χ0v) is 8.38. The summed E-state index contributed by atoms with van der Waals surface area (Å²) in [5.41, 5.74) is -0.172. The minimum Gasteiger partial charge on any atom is -0.392 e. The number of rotatable bonds is 5. The van der Waals surface area contributed by atoms with Crippen molar-refractivity contribution in [2.75, 3.05) is 33.4 Å². The molecule has 1 rings (SSSR count). The molecule has 1 heterocycles. The van der Waals surface area contributed by atoms with E-state index in [1.54, 1.807) is 14.0 Å². The van der Waals surface area contributed by atoms with E-state index in [1.165, 1.54) is 0 Å². The zero-order chi connectivity index (χ0) is 9.73. The summed E-state index contributed by atoms with van der Waals surface area (Å²) in [6, 6.07) is 0. The van der Waals surface area contributed by atoms with Crippen LogP contribution in [0.5, 0.6) is 0 Å². The Morgan fingerprint density at radius 1 is 1.69 bits per heavy atom. The number of methoxy groups -OCH3 is 1. The van der Waals surface area contributed by atoms with E-state index in [4.69, 9.17) is 14.6 Å². The Balaban J connectivity index is 2.23. The Bertz CT molecular complexity index is 144. The van der Waals surface area contributed by atoms with Gasteiger partial charge in [-0.05, 0) is 6.92 Å². The molecule has 0 aromatic rings. The van der Waals surface area contributed by atoms with Crippen LogP contribution in [0.3, 0.4) is 0 Å². The number of hydrogen-bond donors (Lipinski definition) is 2. The van der Waals surface area contributed by atoms with Crippen molar-refractivity contribution in [3.63, 3.8) is 0 Å². The first-order valence-electron chi connectivity index (χ1n) is 4.70. The standard InChI is InChI=1S/C9H19NO3/c1-8(11)5-10-6-9(12-2)3-4-13-7-9/h8,10-11H,3-7H2,1-2H3/t8-,9?/m1/s1. The van der Waals surface area contributed by atoms with Crippen LogP contribution in [0.2, 0.25) is 0 Å². The SMILES string of the molecule is COC1(CNC[C@@H](C)O)CCOC1. The molecule has 0 spiro atoms. The van der Waals surface area contributed by atoms with E-state index in [2.05, 4.69) is 5.32 Å². The van der Waals surface area contributed by atoms with E-state index in [1.807, 2.05) is 0 Å². The highest BCUT2D eigenvalue weighted by Gasteiger charge is 2.34. The number of hydrogen-bond acceptors (Lipinski definition) is 4. The lowest BCUT2D eigenvalue weighted by molar-refractivity contribution is -0.0170. The molecule has 0 bridgehead atoms. The summed E-state index contributed by atoms with van der Waals surface area (Å²) in [6.45, 7) is 4.53. The highest BCUT2D eigenvalue weighted by atomic mass is 16.5. The van der Waals surface area contributed by atoms with Crippen molar-refractivity contribution in [3.05, 3.63) is 0 Å². The number of aliphatic hydroxyl groups is 1. The number of ether oxygens (including phenoxy) is 2. The lowest BCUT2D eigenvalue weighted by Crippen LogP contribution is -2.44. The van der Waals surface area contributed by atoms with Gasteiger partial charge in [0.25, 0.3) is 0 Å². The topological polar surface area (TPSA) is 50.7 Å². The normalized spacial score (nSPS) is 30.7. The Labute approximate surface area is 79.2 Å². The predicted octanol–water partition coefficient (Wildman–Crippen LogP) is -0.238. The molecule has 0 saturated carbocycles. The van der Waals surface area contributed by atoms with Gasteiger partial charge in [0.05, 0.1) is 12.7 Å². The van der Waals surface area contributed by atoms with Crippen LogP contribution in [0.25, 0.3) is 0 Å². The first-order valence-corrected chi connectivity index (χ1v) is 4.70. The summed E-state index contributed by atoms with van der Waals surface area (Å²) in [5.74, 6) is 0. The van der Waals surface area contributed by atoms with E-state index in [0.29, 0.717) is 13.2 Å². The Kier molecular flexibility index (Phi) is 4.12. The van der Waals surface area contributed by atoms with Gasteiger partial charge in [0.15, 0.2) is 0 Å². The molecule has 1 fully saturated rings. The number of aliphatic hydroxyl groups excluding tert-OH is 1. The summed E-state index contributed by atoms with van der Waals surface area (Å²) >= 11 is 0. The molecule has 1 unspecified atom stereocenters. The van der Waals surface area contributed by atoms with Crippen LogP contribution in [-0.4, -0.2) is 50.2 Å². The lowest BCUT2D eigenvalue weighted by Gasteiger charge is -2.26. The molecule has 0 aromatic carbocycles. The molecular formula is C9H19NO3. The van der Waals surface area contributed by atoms with E-state index >= 15 is 0 Å². The Hall–Kier alpha value is -0.160. The van der Waals surface area contributed by atoms with Crippen LogP contribution in [-0.2, 0) is 9.47 Å². The van der Waals surface area contributed by atoms with Crippen molar-refractivity contribution in [2.24, 2.45) is 0 Å². The third-order valence-electron chi connectivity index (χ3n) is 2.39. The molecule has 2 atom stereocenters. The molecule has 0 aromatic heterocycles. The second-order valence-corrected chi connectivity index (χ2v) is 3.67. The monoisotopic (exact) mass is 189 g/mol. The van der Waals surface area contributed by atoms with Gasteiger partial charge in [-0.1, -0.05) is 0 Å².